The molecule has 0 aromatic carbocycles. The van der Waals surface area contributed by atoms with E-state index in [1.54, 1.807) is 0 Å². The van der Waals surface area contributed by atoms with Gasteiger partial charge < -0.3 is 10.6 Å². The summed E-state index contributed by atoms with van der Waals surface area (Å²) in [6, 6.07) is 0.205. The van der Waals surface area contributed by atoms with Gasteiger partial charge in [0.2, 0.25) is 5.91 Å². The summed E-state index contributed by atoms with van der Waals surface area (Å²) in [7, 11) is 0. The first kappa shape index (κ1) is 17.4. The van der Waals surface area contributed by atoms with Crippen LogP contribution in [0, 0.1) is 5.92 Å². The highest BCUT2D eigenvalue weighted by Crippen LogP contribution is 2.05. The Labute approximate surface area is 113 Å². The number of nitrogens with one attached hydrogen (secondary N) is 2. The third-order valence-electron chi connectivity index (χ3n) is 3.16. The van der Waals surface area contributed by atoms with Gasteiger partial charge in [-0.1, -0.05) is 40.0 Å². The summed E-state index contributed by atoms with van der Waals surface area (Å²) < 4.78 is 0. The minimum atomic E-state index is -0.0802. The van der Waals surface area contributed by atoms with Gasteiger partial charge in [-0.05, 0) is 39.2 Å². The zero-order valence-corrected chi connectivity index (χ0v) is 12.9. The molecule has 0 aliphatic heterocycles. The van der Waals surface area contributed by atoms with Crippen molar-refractivity contribution in [1.29, 1.82) is 0 Å². The van der Waals surface area contributed by atoms with Crippen LogP contribution >= 0.6 is 0 Å². The summed E-state index contributed by atoms with van der Waals surface area (Å²) in [5, 5.41) is 6.33. The highest BCUT2D eigenvalue weighted by atomic mass is 16.2. The van der Waals surface area contributed by atoms with Crippen LogP contribution in [0.5, 0.6) is 0 Å². The highest BCUT2D eigenvalue weighted by Gasteiger charge is 2.13. The molecule has 0 bridgehead atoms. The van der Waals surface area contributed by atoms with E-state index in [1.807, 2.05) is 6.92 Å². The molecule has 2 unspecified atom stereocenters. The van der Waals surface area contributed by atoms with Gasteiger partial charge in [0, 0.05) is 6.04 Å². The molecule has 2 N–H and O–H groups in total. The maximum absolute atomic E-state index is 11.8. The minimum Gasteiger partial charge on any atom is -0.352 e. The first-order valence-corrected chi connectivity index (χ1v) is 7.51. The predicted octanol–water partition coefficient (Wildman–Crippen LogP) is 3.10. The van der Waals surface area contributed by atoms with Crippen molar-refractivity contribution in [2.45, 2.75) is 78.8 Å². The number of unbranched alkanes of at least 4 members (excludes halogenated alkanes) is 1. The summed E-state index contributed by atoms with van der Waals surface area (Å²) in [5.41, 5.74) is 0. The molecular formula is C15H32N2O. The molecule has 0 aromatic rings. The molecule has 0 radical (unpaired) electrons. The van der Waals surface area contributed by atoms with Crippen LogP contribution in [0.1, 0.15) is 66.7 Å². The van der Waals surface area contributed by atoms with E-state index in [4.69, 9.17) is 0 Å². The summed E-state index contributed by atoms with van der Waals surface area (Å²) in [6.07, 6.45) is 5.83. The fourth-order valence-corrected chi connectivity index (χ4v) is 1.96. The molecule has 0 saturated carbocycles. The predicted molar refractivity (Wildman–Crippen MR) is 78.7 cm³/mol. The van der Waals surface area contributed by atoms with Crippen LogP contribution < -0.4 is 10.6 Å². The van der Waals surface area contributed by atoms with E-state index in [9.17, 15) is 4.79 Å². The first-order valence-electron chi connectivity index (χ1n) is 7.51. The van der Waals surface area contributed by atoms with Crippen LogP contribution in [0.25, 0.3) is 0 Å². The lowest BCUT2D eigenvalue weighted by molar-refractivity contribution is -0.123. The Morgan fingerprint density at radius 3 is 2.28 bits per heavy atom. The third kappa shape index (κ3) is 9.46. The molecule has 0 aromatic heterocycles. The largest absolute Gasteiger partial charge is 0.352 e. The van der Waals surface area contributed by atoms with Gasteiger partial charge in [0.15, 0.2) is 0 Å². The molecule has 0 rings (SSSR count). The fraction of sp³-hybridized carbons (Fsp3) is 0.933. The second-order valence-corrected chi connectivity index (χ2v) is 5.76. The Bertz CT molecular complexity index is 217. The molecule has 0 saturated heterocycles. The van der Waals surface area contributed by atoms with Crippen LogP contribution in [0.2, 0.25) is 0 Å². The van der Waals surface area contributed by atoms with Crippen molar-refractivity contribution in [2.75, 3.05) is 6.54 Å². The number of carbonyl (C=O) groups is 1. The molecule has 1 amide bonds. The Kier molecular flexibility index (Phi) is 10.0. The number of hydrogen-bond donors (Lipinski definition) is 2. The number of carbonyl (C=O) groups excluding carboxylic acids is 1. The zero-order valence-electron chi connectivity index (χ0n) is 12.9. The number of amides is 1. The van der Waals surface area contributed by atoms with Crippen LogP contribution in [0.4, 0.5) is 0 Å². The van der Waals surface area contributed by atoms with Crippen molar-refractivity contribution in [1.82, 2.24) is 10.6 Å². The van der Waals surface area contributed by atoms with Crippen molar-refractivity contribution in [3.05, 3.63) is 0 Å². The van der Waals surface area contributed by atoms with E-state index in [-0.39, 0.29) is 18.0 Å². The SMILES string of the molecule is CCCC(C)NC(=O)C(C)NCCCCC(C)C. The number of hydrogen-bond acceptors (Lipinski definition) is 2. The average molecular weight is 256 g/mol. The monoisotopic (exact) mass is 256 g/mol. The van der Waals surface area contributed by atoms with Gasteiger partial charge >= 0.3 is 0 Å². The highest BCUT2D eigenvalue weighted by molar-refractivity contribution is 5.81. The van der Waals surface area contributed by atoms with Crippen LogP contribution in [0.15, 0.2) is 0 Å². The Morgan fingerprint density at radius 1 is 1.06 bits per heavy atom. The average Bonchev–Trinajstić information content (AvgIpc) is 2.28. The standard InChI is InChI=1S/C15H32N2O/c1-6-9-13(4)17-15(18)14(5)16-11-8-7-10-12(2)3/h12-14,16H,6-11H2,1-5H3,(H,17,18). The second-order valence-electron chi connectivity index (χ2n) is 5.76. The molecule has 0 fully saturated rings. The Balaban J connectivity index is 3.61. The molecule has 108 valence electrons. The van der Waals surface area contributed by atoms with Crippen molar-refractivity contribution < 1.29 is 4.79 Å². The molecule has 2 atom stereocenters. The van der Waals surface area contributed by atoms with E-state index in [0.717, 1.165) is 31.7 Å². The van der Waals surface area contributed by atoms with E-state index in [1.165, 1.54) is 12.8 Å². The summed E-state index contributed by atoms with van der Waals surface area (Å²) in [4.78, 5) is 11.8. The van der Waals surface area contributed by atoms with Gasteiger partial charge in [-0.25, -0.2) is 0 Å². The van der Waals surface area contributed by atoms with Gasteiger partial charge in [0.1, 0.15) is 0 Å². The quantitative estimate of drug-likeness (QED) is 0.590. The van der Waals surface area contributed by atoms with Gasteiger partial charge in [-0.3, -0.25) is 4.79 Å². The lowest BCUT2D eigenvalue weighted by Crippen LogP contribution is -2.45. The maximum atomic E-state index is 11.8. The third-order valence-corrected chi connectivity index (χ3v) is 3.16. The molecule has 0 heterocycles. The molecule has 0 aliphatic rings. The van der Waals surface area contributed by atoms with E-state index >= 15 is 0 Å². The molecule has 0 spiro atoms. The number of rotatable bonds is 10. The fourth-order valence-electron chi connectivity index (χ4n) is 1.96. The van der Waals surface area contributed by atoms with E-state index in [0.29, 0.717) is 0 Å². The normalized spacial score (nSPS) is 14.6. The lowest BCUT2D eigenvalue weighted by atomic mass is 10.1. The maximum Gasteiger partial charge on any atom is 0.237 e. The van der Waals surface area contributed by atoms with Crippen molar-refractivity contribution in [2.24, 2.45) is 5.92 Å². The Morgan fingerprint density at radius 2 is 1.72 bits per heavy atom. The topological polar surface area (TPSA) is 41.1 Å². The summed E-state index contributed by atoms with van der Waals surface area (Å²) in [6.45, 7) is 11.6. The van der Waals surface area contributed by atoms with Crippen LogP contribution in [-0.4, -0.2) is 24.5 Å². The Hall–Kier alpha value is -0.570. The lowest BCUT2D eigenvalue weighted by Gasteiger charge is -2.18. The molecule has 0 aliphatic carbocycles. The second kappa shape index (κ2) is 10.4. The van der Waals surface area contributed by atoms with Gasteiger partial charge in [-0.15, -0.1) is 0 Å². The van der Waals surface area contributed by atoms with Crippen molar-refractivity contribution >= 4 is 5.91 Å². The van der Waals surface area contributed by atoms with Gasteiger partial charge in [0.25, 0.3) is 0 Å². The van der Waals surface area contributed by atoms with Crippen molar-refractivity contribution in [3.8, 4) is 0 Å². The van der Waals surface area contributed by atoms with Crippen LogP contribution in [-0.2, 0) is 4.79 Å². The first-order chi connectivity index (χ1) is 8.47. The molecular weight excluding hydrogens is 224 g/mol. The van der Waals surface area contributed by atoms with Crippen LogP contribution in [0.3, 0.4) is 0 Å². The van der Waals surface area contributed by atoms with Crippen molar-refractivity contribution in [3.63, 3.8) is 0 Å². The smallest absolute Gasteiger partial charge is 0.237 e. The van der Waals surface area contributed by atoms with Gasteiger partial charge in [0.05, 0.1) is 6.04 Å². The zero-order chi connectivity index (χ0) is 14.0. The van der Waals surface area contributed by atoms with Gasteiger partial charge in [-0.2, -0.15) is 0 Å². The van der Waals surface area contributed by atoms with E-state index < -0.39 is 0 Å². The van der Waals surface area contributed by atoms with E-state index in [2.05, 4.69) is 38.3 Å². The summed E-state index contributed by atoms with van der Waals surface area (Å²) in [5.74, 6) is 0.903. The molecule has 3 heteroatoms. The summed E-state index contributed by atoms with van der Waals surface area (Å²) >= 11 is 0. The molecule has 3 nitrogen and oxygen atoms in total. The minimum absolute atomic E-state index is 0.0802. The molecule has 18 heavy (non-hydrogen) atoms.